The standard InChI is InChI=1S/C16H11Cl2NO2/c17-13-6-3-7-14(18)12(13)9-19-15(20)8-10-4-1-2-5-11(10)16(19)21/h1-8,20H,9H2. The van der Waals surface area contributed by atoms with Crippen LogP contribution in [0.1, 0.15) is 5.56 Å². The molecule has 0 aliphatic rings. The van der Waals surface area contributed by atoms with E-state index >= 15 is 0 Å². The average molecular weight is 320 g/mol. The van der Waals surface area contributed by atoms with Gasteiger partial charge in [0, 0.05) is 27.1 Å². The molecule has 3 rings (SSSR count). The van der Waals surface area contributed by atoms with Crippen LogP contribution in [0.3, 0.4) is 0 Å². The van der Waals surface area contributed by atoms with Gasteiger partial charge in [0.1, 0.15) is 0 Å². The summed E-state index contributed by atoms with van der Waals surface area (Å²) in [7, 11) is 0. The van der Waals surface area contributed by atoms with Crippen molar-refractivity contribution >= 4 is 34.0 Å². The summed E-state index contributed by atoms with van der Waals surface area (Å²) in [6.45, 7) is 0.119. The molecule has 5 heteroatoms. The number of hydrogen-bond acceptors (Lipinski definition) is 2. The van der Waals surface area contributed by atoms with Crippen LogP contribution in [0, 0.1) is 0 Å². The zero-order chi connectivity index (χ0) is 15.0. The molecule has 0 amide bonds. The second-order valence-electron chi connectivity index (χ2n) is 4.68. The van der Waals surface area contributed by atoms with E-state index in [0.29, 0.717) is 26.4 Å². The van der Waals surface area contributed by atoms with Gasteiger partial charge in [-0.2, -0.15) is 0 Å². The average Bonchev–Trinajstić information content (AvgIpc) is 2.46. The molecule has 0 radical (unpaired) electrons. The maximum absolute atomic E-state index is 12.5. The van der Waals surface area contributed by atoms with Crippen molar-refractivity contribution in [3.8, 4) is 5.88 Å². The van der Waals surface area contributed by atoms with Gasteiger partial charge >= 0.3 is 0 Å². The normalized spacial score (nSPS) is 11.0. The Hall–Kier alpha value is -1.97. The first kappa shape index (κ1) is 14.0. The Morgan fingerprint density at radius 2 is 1.67 bits per heavy atom. The molecule has 1 aromatic heterocycles. The first-order chi connectivity index (χ1) is 10.1. The number of benzene rings is 2. The van der Waals surface area contributed by atoms with Crippen LogP contribution >= 0.6 is 23.2 Å². The zero-order valence-corrected chi connectivity index (χ0v) is 12.4. The maximum Gasteiger partial charge on any atom is 0.261 e. The van der Waals surface area contributed by atoms with Gasteiger partial charge in [-0.05, 0) is 23.6 Å². The molecule has 0 unspecified atom stereocenters. The van der Waals surface area contributed by atoms with Crippen molar-refractivity contribution in [2.24, 2.45) is 0 Å². The number of aromatic hydroxyl groups is 1. The highest BCUT2D eigenvalue weighted by Gasteiger charge is 2.12. The summed E-state index contributed by atoms with van der Waals surface area (Å²) in [6, 6.07) is 13.8. The largest absolute Gasteiger partial charge is 0.494 e. The molecule has 2 aromatic carbocycles. The van der Waals surface area contributed by atoms with Crippen LogP contribution in [0.4, 0.5) is 0 Å². The van der Waals surface area contributed by atoms with Crippen molar-refractivity contribution in [1.29, 1.82) is 0 Å². The Morgan fingerprint density at radius 3 is 2.38 bits per heavy atom. The van der Waals surface area contributed by atoms with Crippen LogP contribution < -0.4 is 5.56 Å². The number of aromatic nitrogens is 1. The third-order valence-electron chi connectivity index (χ3n) is 3.38. The third kappa shape index (κ3) is 2.50. The monoisotopic (exact) mass is 319 g/mol. The van der Waals surface area contributed by atoms with Gasteiger partial charge in [-0.15, -0.1) is 0 Å². The van der Waals surface area contributed by atoms with Gasteiger partial charge in [-0.3, -0.25) is 9.36 Å². The Morgan fingerprint density at radius 1 is 1.00 bits per heavy atom. The van der Waals surface area contributed by atoms with Gasteiger partial charge in [0.05, 0.1) is 6.54 Å². The first-order valence-corrected chi connectivity index (χ1v) is 7.08. The molecule has 1 N–H and O–H groups in total. The van der Waals surface area contributed by atoms with Gasteiger partial charge in [0.2, 0.25) is 0 Å². The number of fused-ring (bicyclic) bond motifs is 1. The molecule has 3 aromatic rings. The highest BCUT2D eigenvalue weighted by Crippen LogP contribution is 2.26. The lowest BCUT2D eigenvalue weighted by Crippen LogP contribution is -2.21. The van der Waals surface area contributed by atoms with E-state index in [0.717, 1.165) is 0 Å². The topological polar surface area (TPSA) is 42.2 Å². The van der Waals surface area contributed by atoms with Crippen molar-refractivity contribution in [3.05, 3.63) is 74.5 Å². The molecule has 0 saturated carbocycles. The lowest BCUT2D eigenvalue weighted by molar-refractivity contribution is 0.417. The second-order valence-corrected chi connectivity index (χ2v) is 5.50. The minimum Gasteiger partial charge on any atom is -0.494 e. The van der Waals surface area contributed by atoms with Crippen LogP contribution in [0.25, 0.3) is 10.8 Å². The molecule has 21 heavy (non-hydrogen) atoms. The fourth-order valence-electron chi connectivity index (χ4n) is 2.28. The van der Waals surface area contributed by atoms with Crippen LogP contribution in [0.5, 0.6) is 5.88 Å². The van der Waals surface area contributed by atoms with Crippen LogP contribution in [0.15, 0.2) is 53.3 Å². The van der Waals surface area contributed by atoms with Crippen molar-refractivity contribution < 1.29 is 5.11 Å². The van der Waals surface area contributed by atoms with Gasteiger partial charge in [0.15, 0.2) is 5.88 Å². The van der Waals surface area contributed by atoms with Gasteiger partial charge in [-0.1, -0.05) is 47.5 Å². The fourth-order valence-corrected chi connectivity index (χ4v) is 2.80. The van der Waals surface area contributed by atoms with Gasteiger partial charge in [-0.25, -0.2) is 0 Å². The molecule has 0 spiro atoms. The SMILES string of the molecule is O=c1c2ccccc2cc(O)n1Cc1c(Cl)cccc1Cl. The van der Waals surface area contributed by atoms with E-state index in [1.54, 1.807) is 42.5 Å². The smallest absolute Gasteiger partial charge is 0.261 e. The summed E-state index contributed by atoms with van der Waals surface area (Å²) in [6.07, 6.45) is 0. The molecule has 0 atom stereocenters. The first-order valence-electron chi connectivity index (χ1n) is 6.32. The maximum atomic E-state index is 12.5. The highest BCUT2D eigenvalue weighted by molar-refractivity contribution is 6.35. The van der Waals surface area contributed by atoms with E-state index in [4.69, 9.17) is 23.2 Å². The number of pyridine rings is 1. The van der Waals surface area contributed by atoms with E-state index in [9.17, 15) is 9.90 Å². The molecule has 106 valence electrons. The van der Waals surface area contributed by atoms with Crippen molar-refractivity contribution in [3.63, 3.8) is 0 Å². The molecular formula is C16H11Cl2NO2. The van der Waals surface area contributed by atoms with E-state index < -0.39 is 0 Å². The predicted octanol–water partition coefficient (Wildman–Crippen LogP) is 4.06. The number of hydrogen-bond donors (Lipinski definition) is 1. The molecule has 0 saturated heterocycles. The summed E-state index contributed by atoms with van der Waals surface area (Å²) in [4.78, 5) is 12.5. The van der Waals surface area contributed by atoms with E-state index in [1.807, 2.05) is 6.07 Å². The van der Waals surface area contributed by atoms with Crippen LogP contribution in [0.2, 0.25) is 10.0 Å². The van der Waals surface area contributed by atoms with Crippen molar-refractivity contribution in [2.45, 2.75) is 6.54 Å². The Balaban J connectivity index is 2.20. The van der Waals surface area contributed by atoms with Crippen molar-refractivity contribution in [1.82, 2.24) is 4.57 Å². The molecule has 3 nitrogen and oxygen atoms in total. The summed E-state index contributed by atoms with van der Waals surface area (Å²) < 4.78 is 1.26. The minimum atomic E-state index is -0.276. The number of rotatable bonds is 2. The molecule has 1 heterocycles. The molecule has 0 aliphatic carbocycles. The Kier molecular flexibility index (Phi) is 3.62. The van der Waals surface area contributed by atoms with Crippen LogP contribution in [-0.2, 0) is 6.54 Å². The summed E-state index contributed by atoms with van der Waals surface area (Å²) in [5.74, 6) is -0.116. The zero-order valence-electron chi connectivity index (χ0n) is 10.9. The fraction of sp³-hybridized carbons (Fsp3) is 0.0625. The Labute approximate surface area is 131 Å². The summed E-state index contributed by atoms with van der Waals surface area (Å²) >= 11 is 12.2. The summed E-state index contributed by atoms with van der Waals surface area (Å²) in [5, 5.41) is 12.3. The molecular weight excluding hydrogens is 309 g/mol. The minimum absolute atomic E-state index is 0.116. The van der Waals surface area contributed by atoms with E-state index in [2.05, 4.69) is 0 Å². The second kappa shape index (κ2) is 5.43. The van der Waals surface area contributed by atoms with Crippen LogP contribution in [-0.4, -0.2) is 9.67 Å². The predicted molar refractivity (Wildman–Crippen MR) is 85.4 cm³/mol. The number of nitrogens with zero attached hydrogens (tertiary/aromatic N) is 1. The summed E-state index contributed by atoms with van der Waals surface area (Å²) in [5.41, 5.74) is 0.329. The lowest BCUT2D eigenvalue weighted by atomic mass is 10.1. The molecule has 0 bridgehead atoms. The van der Waals surface area contributed by atoms with E-state index in [-0.39, 0.29) is 18.0 Å². The number of halogens is 2. The van der Waals surface area contributed by atoms with E-state index in [1.165, 1.54) is 4.57 Å². The van der Waals surface area contributed by atoms with Crippen molar-refractivity contribution in [2.75, 3.05) is 0 Å². The molecule has 0 fully saturated rings. The molecule has 0 aliphatic heterocycles. The Bertz CT molecular complexity index is 867. The quantitative estimate of drug-likeness (QED) is 0.773. The highest BCUT2D eigenvalue weighted by atomic mass is 35.5. The van der Waals surface area contributed by atoms with Gasteiger partial charge in [0.25, 0.3) is 5.56 Å². The lowest BCUT2D eigenvalue weighted by Gasteiger charge is -2.12. The van der Waals surface area contributed by atoms with Gasteiger partial charge < -0.3 is 5.11 Å². The third-order valence-corrected chi connectivity index (χ3v) is 4.08.